The largest absolute Gasteiger partial charge is 0.493 e. The Hall–Kier alpha value is -1.26. The molecule has 4 heteroatoms. The Morgan fingerprint density at radius 3 is 2.61 bits per heavy atom. The normalized spacial score (nSPS) is 10.7. The van der Waals surface area contributed by atoms with Crippen LogP contribution in [-0.4, -0.2) is 46.3 Å². The Morgan fingerprint density at radius 1 is 1.22 bits per heavy atom. The van der Waals surface area contributed by atoms with Gasteiger partial charge in [-0.2, -0.15) is 0 Å². The van der Waals surface area contributed by atoms with E-state index in [2.05, 4.69) is 24.3 Å². The minimum atomic E-state index is 0.706. The van der Waals surface area contributed by atoms with E-state index in [-0.39, 0.29) is 0 Å². The molecule has 0 bridgehead atoms. The molecular weight excluding hydrogens is 228 g/mol. The van der Waals surface area contributed by atoms with Crippen molar-refractivity contribution in [2.45, 2.75) is 13.0 Å². The van der Waals surface area contributed by atoms with Gasteiger partial charge in [0.05, 0.1) is 13.7 Å². The molecule has 0 radical (unpaired) electrons. The molecule has 0 saturated heterocycles. The van der Waals surface area contributed by atoms with Crippen molar-refractivity contribution in [3.05, 3.63) is 23.8 Å². The number of rotatable bonds is 8. The summed E-state index contributed by atoms with van der Waals surface area (Å²) in [5, 5.41) is 3.13. The number of nitrogens with zero attached hydrogens (tertiary/aromatic N) is 1. The maximum Gasteiger partial charge on any atom is 0.161 e. The second kappa shape index (κ2) is 7.95. The van der Waals surface area contributed by atoms with Crippen LogP contribution < -0.4 is 14.8 Å². The summed E-state index contributed by atoms with van der Waals surface area (Å²) in [6.07, 6.45) is 1.01. The van der Waals surface area contributed by atoms with Crippen LogP contribution in [0, 0.1) is 0 Å². The Bertz CT molecular complexity index is 354. The zero-order valence-corrected chi connectivity index (χ0v) is 11.8. The lowest BCUT2D eigenvalue weighted by molar-refractivity contribution is 0.268. The van der Waals surface area contributed by atoms with Crippen molar-refractivity contribution in [3.8, 4) is 11.5 Å². The van der Waals surface area contributed by atoms with Crippen LogP contribution in [0.25, 0.3) is 0 Å². The van der Waals surface area contributed by atoms with Crippen LogP contribution in [0.1, 0.15) is 12.0 Å². The van der Waals surface area contributed by atoms with Crippen molar-refractivity contribution in [3.63, 3.8) is 0 Å². The predicted octanol–water partition coefficient (Wildman–Crippen LogP) is 1.75. The third-order valence-electron chi connectivity index (χ3n) is 2.62. The minimum Gasteiger partial charge on any atom is -0.493 e. The highest BCUT2D eigenvalue weighted by Crippen LogP contribution is 2.28. The summed E-state index contributed by atoms with van der Waals surface area (Å²) in [5.74, 6) is 1.61. The van der Waals surface area contributed by atoms with Crippen molar-refractivity contribution in [1.82, 2.24) is 10.2 Å². The molecule has 1 aromatic rings. The average Bonchev–Trinajstić information content (AvgIpc) is 2.35. The Labute approximate surface area is 110 Å². The molecule has 0 aliphatic carbocycles. The van der Waals surface area contributed by atoms with Gasteiger partial charge in [-0.25, -0.2) is 0 Å². The fourth-order valence-electron chi connectivity index (χ4n) is 1.71. The molecule has 1 aromatic carbocycles. The van der Waals surface area contributed by atoms with Crippen LogP contribution in [0.2, 0.25) is 0 Å². The van der Waals surface area contributed by atoms with Crippen molar-refractivity contribution in [2.75, 3.05) is 41.4 Å². The molecule has 4 nitrogen and oxygen atoms in total. The van der Waals surface area contributed by atoms with E-state index in [0.717, 1.165) is 31.0 Å². The number of ether oxygens (including phenoxy) is 2. The lowest BCUT2D eigenvalue weighted by Gasteiger charge is -2.13. The topological polar surface area (TPSA) is 33.7 Å². The second-order valence-electron chi connectivity index (χ2n) is 4.52. The highest BCUT2D eigenvalue weighted by Gasteiger charge is 2.05. The molecule has 0 saturated carbocycles. The molecule has 0 heterocycles. The number of hydrogen-bond donors (Lipinski definition) is 1. The summed E-state index contributed by atoms with van der Waals surface area (Å²) in [6, 6.07) is 6.03. The molecule has 1 N–H and O–H groups in total. The molecular formula is C14H24N2O2. The van der Waals surface area contributed by atoms with Crippen LogP contribution >= 0.6 is 0 Å². The molecule has 0 amide bonds. The first kappa shape index (κ1) is 14.8. The quantitative estimate of drug-likeness (QED) is 0.715. The van der Waals surface area contributed by atoms with Crippen molar-refractivity contribution in [2.24, 2.45) is 0 Å². The first-order valence-corrected chi connectivity index (χ1v) is 6.26. The van der Waals surface area contributed by atoms with Gasteiger partial charge in [-0.3, -0.25) is 0 Å². The lowest BCUT2D eigenvalue weighted by Crippen LogP contribution is -2.15. The molecule has 0 atom stereocenters. The maximum absolute atomic E-state index is 5.79. The van der Waals surface area contributed by atoms with E-state index in [4.69, 9.17) is 9.47 Å². The first-order chi connectivity index (χ1) is 8.67. The molecule has 1 rings (SSSR count). The molecule has 0 aliphatic heterocycles. The molecule has 102 valence electrons. The van der Waals surface area contributed by atoms with Gasteiger partial charge < -0.3 is 19.7 Å². The fourth-order valence-corrected chi connectivity index (χ4v) is 1.71. The van der Waals surface area contributed by atoms with E-state index in [1.54, 1.807) is 7.11 Å². The van der Waals surface area contributed by atoms with Crippen LogP contribution in [0.4, 0.5) is 0 Å². The lowest BCUT2D eigenvalue weighted by atomic mass is 10.2. The van der Waals surface area contributed by atoms with E-state index < -0.39 is 0 Å². The summed E-state index contributed by atoms with van der Waals surface area (Å²) in [5.41, 5.74) is 1.20. The summed E-state index contributed by atoms with van der Waals surface area (Å²) >= 11 is 0. The molecule has 18 heavy (non-hydrogen) atoms. The number of benzene rings is 1. The van der Waals surface area contributed by atoms with E-state index in [1.807, 2.05) is 25.2 Å². The van der Waals surface area contributed by atoms with Gasteiger partial charge >= 0.3 is 0 Å². The van der Waals surface area contributed by atoms with E-state index in [1.165, 1.54) is 5.56 Å². The molecule has 0 spiro atoms. The second-order valence-corrected chi connectivity index (χ2v) is 4.52. The SMILES string of the molecule is CNCc1ccc(OC)c(OCCCN(C)C)c1. The first-order valence-electron chi connectivity index (χ1n) is 6.26. The Morgan fingerprint density at radius 2 is 2.00 bits per heavy atom. The zero-order chi connectivity index (χ0) is 13.4. The van der Waals surface area contributed by atoms with Gasteiger partial charge in [0.15, 0.2) is 11.5 Å². The van der Waals surface area contributed by atoms with Crippen LogP contribution in [0.3, 0.4) is 0 Å². The highest BCUT2D eigenvalue weighted by molar-refractivity contribution is 5.42. The number of methoxy groups -OCH3 is 1. The van der Waals surface area contributed by atoms with Gasteiger partial charge in [-0.15, -0.1) is 0 Å². The molecule has 0 fully saturated rings. The summed E-state index contributed by atoms with van der Waals surface area (Å²) in [6.45, 7) is 2.56. The summed E-state index contributed by atoms with van der Waals surface area (Å²) in [4.78, 5) is 2.15. The monoisotopic (exact) mass is 252 g/mol. The van der Waals surface area contributed by atoms with Crippen molar-refractivity contribution < 1.29 is 9.47 Å². The minimum absolute atomic E-state index is 0.706. The van der Waals surface area contributed by atoms with Gasteiger partial charge in [0, 0.05) is 13.1 Å². The summed E-state index contributed by atoms with van der Waals surface area (Å²) < 4.78 is 11.1. The standard InChI is InChI=1S/C14H24N2O2/c1-15-11-12-6-7-13(17-4)14(10-12)18-9-5-8-16(2)3/h6-7,10,15H,5,8-9,11H2,1-4H3. The fraction of sp³-hybridized carbons (Fsp3) is 0.571. The summed E-state index contributed by atoms with van der Waals surface area (Å²) in [7, 11) is 7.73. The van der Waals surface area contributed by atoms with Gasteiger partial charge in [-0.05, 0) is 45.3 Å². The van der Waals surface area contributed by atoms with Crippen LogP contribution in [-0.2, 0) is 6.54 Å². The Balaban J connectivity index is 2.57. The van der Waals surface area contributed by atoms with Gasteiger partial charge in [0.2, 0.25) is 0 Å². The van der Waals surface area contributed by atoms with Crippen LogP contribution in [0.15, 0.2) is 18.2 Å². The highest BCUT2D eigenvalue weighted by atomic mass is 16.5. The van der Waals surface area contributed by atoms with E-state index >= 15 is 0 Å². The Kier molecular flexibility index (Phi) is 6.54. The van der Waals surface area contributed by atoms with Crippen molar-refractivity contribution >= 4 is 0 Å². The molecule has 0 aliphatic rings. The van der Waals surface area contributed by atoms with Gasteiger partial charge in [0.1, 0.15) is 0 Å². The average molecular weight is 252 g/mol. The maximum atomic E-state index is 5.79. The number of nitrogens with one attached hydrogen (secondary N) is 1. The third-order valence-corrected chi connectivity index (χ3v) is 2.62. The predicted molar refractivity (Wildman–Crippen MR) is 74.4 cm³/mol. The van der Waals surface area contributed by atoms with Crippen LogP contribution in [0.5, 0.6) is 11.5 Å². The zero-order valence-electron chi connectivity index (χ0n) is 11.8. The smallest absolute Gasteiger partial charge is 0.161 e. The van der Waals surface area contributed by atoms with E-state index in [9.17, 15) is 0 Å². The molecule has 0 unspecified atom stereocenters. The van der Waals surface area contributed by atoms with Gasteiger partial charge in [0.25, 0.3) is 0 Å². The molecule has 0 aromatic heterocycles. The van der Waals surface area contributed by atoms with Crippen molar-refractivity contribution in [1.29, 1.82) is 0 Å². The number of hydrogen-bond acceptors (Lipinski definition) is 4. The van der Waals surface area contributed by atoms with E-state index in [0.29, 0.717) is 6.61 Å². The van der Waals surface area contributed by atoms with Gasteiger partial charge in [-0.1, -0.05) is 6.07 Å². The third kappa shape index (κ3) is 4.94.